The predicted molar refractivity (Wildman–Crippen MR) is 107 cm³/mol. The van der Waals surface area contributed by atoms with Gasteiger partial charge in [0.25, 0.3) is 0 Å². The van der Waals surface area contributed by atoms with E-state index < -0.39 is 3.83 Å². The minimum atomic E-state index is -1.21. The lowest BCUT2D eigenvalue weighted by Crippen LogP contribution is -1.76. The second-order valence-electron chi connectivity index (χ2n) is 1.09. The molecule has 0 radical (unpaired) electrons. The highest BCUT2D eigenvalue weighted by atomic mass is 127. The van der Waals surface area contributed by atoms with Crippen molar-refractivity contribution in [1.82, 2.24) is 0 Å². The third kappa shape index (κ3) is 1600. The second-order valence-corrected chi connectivity index (χ2v) is 4.11. The summed E-state index contributed by atoms with van der Waals surface area (Å²) in [6, 6.07) is 0. The van der Waals surface area contributed by atoms with Gasteiger partial charge in [-0.3, -0.25) is 21.0 Å². The lowest BCUT2D eigenvalue weighted by atomic mass is 10.9. The monoisotopic (exact) mass is 477 g/mol. The number of halogens is 1. The van der Waals surface area contributed by atoms with Crippen LogP contribution in [0.4, 0.5) is 0 Å². The van der Waals surface area contributed by atoms with Gasteiger partial charge >= 0.3 is 0 Å². The van der Waals surface area contributed by atoms with Crippen LogP contribution >= 0.6 is 31.2 Å². The SMILES string of the molecule is C.C.C.C.CC=O.CCO.O.O=O.OO.OO.[2H]C(O)(I)PC. The summed E-state index contributed by atoms with van der Waals surface area (Å²) in [5.74, 6) is 0. The average Bonchev–Trinajstić information content (AvgIpc) is 2.38. The highest BCUT2D eigenvalue weighted by Crippen LogP contribution is 2.15. The van der Waals surface area contributed by atoms with Gasteiger partial charge in [-0.05, 0) is 43.1 Å². The molecule has 0 bridgehead atoms. The largest absolute Gasteiger partial charge is 0.412 e. The number of hydrogen-bond donors (Lipinski definition) is 6. The summed E-state index contributed by atoms with van der Waals surface area (Å²) in [5, 5.41) is 40.1. The normalized spacial score (nSPS) is 8.18. The van der Waals surface area contributed by atoms with Crippen molar-refractivity contribution >= 4 is 37.5 Å². The van der Waals surface area contributed by atoms with E-state index in [1.165, 1.54) is 6.92 Å². The summed E-state index contributed by atoms with van der Waals surface area (Å²) < 4.78 is 5.52. The summed E-state index contributed by atoms with van der Waals surface area (Å²) >= 11 is 1.68. The maximum atomic E-state index is 8.81. The summed E-state index contributed by atoms with van der Waals surface area (Å²) in [4.78, 5) is 22.8. The molecule has 2 unspecified atom stereocenters. The molecule has 0 fully saturated rings. The fourth-order valence-corrected chi connectivity index (χ4v) is 0. The minimum Gasteiger partial charge on any atom is -0.412 e. The van der Waals surface area contributed by atoms with E-state index in [4.69, 9.17) is 47.3 Å². The molecule has 0 saturated heterocycles. The Hall–Kier alpha value is 0.150. The molecule has 0 amide bonds. The fraction of sp³-hybridized carbons (Fsp3) is 0.900. The number of aldehydes is 1. The number of aliphatic hydroxyl groups is 2. The molecule has 10 nitrogen and oxygen atoms in total. The van der Waals surface area contributed by atoms with Gasteiger partial charge in [-0.25, -0.2) is 0 Å². The Labute approximate surface area is 151 Å². The topological polar surface area (TPSA) is 204 Å². The van der Waals surface area contributed by atoms with E-state index in [0.717, 1.165) is 6.29 Å². The number of carbonyl (C=O) groups excluding carboxylic acids is 1. The highest BCUT2D eigenvalue weighted by molar-refractivity contribution is 14.1. The van der Waals surface area contributed by atoms with E-state index in [1.807, 2.05) is 0 Å². The first-order valence-electron chi connectivity index (χ1n) is 4.07. The number of rotatable bonds is 1. The molecular formula is C10H38IO10P. The minimum absolute atomic E-state index is 0. The first kappa shape index (κ1) is 67.1. The van der Waals surface area contributed by atoms with Gasteiger partial charge in [0.2, 0.25) is 0 Å². The van der Waals surface area contributed by atoms with Crippen molar-refractivity contribution in [2.45, 2.75) is 47.4 Å². The predicted octanol–water partition coefficient (Wildman–Crippen LogP) is 3.03. The van der Waals surface area contributed by atoms with Crippen LogP contribution < -0.4 is 0 Å². The Morgan fingerprint density at radius 1 is 1.14 bits per heavy atom. The Bertz CT molecular complexity index is 112. The van der Waals surface area contributed by atoms with Gasteiger partial charge in [-0.1, -0.05) is 38.3 Å². The van der Waals surface area contributed by atoms with Gasteiger partial charge in [-0.2, -0.15) is 0 Å². The van der Waals surface area contributed by atoms with E-state index in [1.54, 1.807) is 36.2 Å². The Kier molecular flexibility index (Phi) is 693. The van der Waals surface area contributed by atoms with Crippen molar-refractivity contribution in [1.29, 1.82) is 0 Å². The molecule has 0 spiro atoms. The van der Waals surface area contributed by atoms with Crippen molar-refractivity contribution in [3.05, 3.63) is 9.93 Å². The van der Waals surface area contributed by atoms with Crippen molar-refractivity contribution in [3.63, 3.8) is 0 Å². The molecule has 0 aromatic rings. The number of carbonyl (C=O) groups is 1. The number of hydrogen-bond acceptors (Lipinski definition) is 9. The first-order chi connectivity index (χ1) is 8.39. The van der Waals surface area contributed by atoms with Crippen molar-refractivity contribution in [2.75, 3.05) is 13.3 Å². The smallest absolute Gasteiger partial charge is 0.120 e. The lowest BCUT2D eigenvalue weighted by molar-refractivity contribution is -0.176. The maximum absolute atomic E-state index is 8.81. The lowest BCUT2D eigenvalue weighted by Gasteiger charge is -1.88. The van der Waals surface area contributed by atoms with Crippen LogP contribution in [-0.2, 0) is 4.79 Å². The van der Waals surface area contributed by atoms with Crippen LogP contribution in [0.5, 0.6) is 0 Å². The van der Waals surface area contributed by atoms with Gasteiger partial charge in [0.05, 0.1) is 1.37 Å². The third-order valence-electron chi connectivity index (χ3n) is 0.206. The fourth-order valence-electron chi connectivity index (χ4n) is 0. The molecule has 0 aromatic carbocycles. The van der Waals surface area contributed by atoms with Gasteiger partial charge in [0.1, 0.15) is 10.1 Å². The van der Waals surface area contributed by atoms with E-state index in [2.05, 4.69) is 0 Å². The molecule has 22 heavy (non-hydrogen) atoms. The quantitative estimate of drug-likeness (QED) is 0.0819. The zero-order chi connectivity index (χ0) is 16.6. The Morgan fingerprint density at radius 2 is 1.18 bits per heavy atom. The van der Waals surface area contributed by atoms with Crippen molar-refractivity contribution in [3.8, 4) is 0 Å². The molecule has 12 heteroatoms. The molecule has 0 aliphatic carbocycles. The molecule has 0 aliphatic heterocycles. The van der Waals surface area contributed by atoms with Gasteiger partial charge < -0.3 is 20.5 Å². The zero-order valence-corrected chi connectivity index (χ0v) is 13.2. The summed E-state index contributed by atoms with van der Waals surface area (Å²) in [6.07, 6.45) is 0.750. The Balaban J connectivity index is -0.00000000849. The summed E-state index contributed by atoms with van der Waals surface area (Å²) in [6.45, 7) is 5.17. The maximum Gasteiger partial charge on any atom is 0.120 e. The molecule has 0 aliphatic rings. The van der Waals surface area contributed by atoms with E-state index in [9.17, 15) is 0 Å². The molecule has 150 valence electrons. The second kappa shape index (κ2) is 227. The van der Waals surface area contributed by atoms with E-state index in [0.29, 0.717) is 0 Å². The summed E-state index contributed by atoms with van der Waals surface area (Å²) in [7, 11) is 0.276. The van der Waals surface area contributed by atoms with Crippen LogP contribution in [0.15, 0.2) is 0 Å². The number of aliphatic hydroxyl groups excluding tert-OH is 1. The highest BCUT2D eigenvalue weighted by Gasteiger charge is 1.83. The van der Waals surface area contributed by atoms with Crippen molar-refractivity contribution in [2.24, 2.45) is 0 Å². The van der Waals surface area contributed by atoms with Crippen molar-refractivity contribution < 1.29 is 42.9 Å². The van der Waals surface area contributed by atoms with E-state index >= 15 is 0 Å². The molecule has 2 atom stereocenters. The molecule has 0 rings (SSSR count). The van der Waals surface area contributed by atoms with Gasteiger partial charge in [0.15, 0.2) is 0 Å². The van der Waals surface area contributed by atoms with Crippen LogP contribution in [0.2, 0.25) is 0 Å². The molecule has 8 N–H and O–H groups in total. The van der Waals surface area contributed by atoms with E-state index in [-0.39, 0.29) is 50.4 Å². The first-order valence-corrected chi connectivity index (χ1v) is 6.14. The van der Waals surface area contributed by atoms with Gasteiger partial charge in [0, 0.05) is 16.5 Å². The Morgan fingerprint density at radius 3 is 1.18 bits per heavy atom. The zero-order valence-electron chi connectivity index (χ0n) is 11.1. The number of alkyl halides is 1. The summed E-state index contributed by atoms with van der Waals surface area (Å²) in [5.41, 5.74) is 0. The standard InChI is InChI=1S/C2H6IOP.C2H6O.C2H4O.4CH4.2H2O2.O2.H2O/c1-5-2(3)4;2*1-2-3;;;;;3*1-2;/h2,4-5H,1H3;3H,2H2,1H3;2H,1H3;4*1H4;2*1-2H;;1H2/i2D;;;;;;;;;;. The average molecular weight is 477 g/mol. The van der Waals surface area contributed by atoms with Crippen LogP contribution in [0.1, 0.15) is 44.9 Å². The van der Waals surface area contributed by atoms with Crippen LogP contribution in [0, 0.1) is 9.93 Å². The third-order valence-corrected chi connectivity index (χ3v) is 2.24. The van der Waals surface area contributed by atoms with Crippen LogP contribution in [0.25, 0.3) is 0 Å². The van der Waals surface area contributed by atoms with Gasteiger partial charge in [-0.15, -0.1) is 0 Å². The molecule has 0 heterocycles. The molecule has 0 saturated carbocycles. The van der Waals surface area contributed by atoms with Crippen LogP contribution in [-0.4, -0.2) is 60.1 Å². The van der Waals surface area contributed by atoms with Crippen LogP contribution in [0.3, 0.4) is 0 Å². The molecular weight excluding hydrogens is 438 g/mol. The molecule has 0 aromatic heterocycles.